The van der Waals surface area contributed by atoms with Gasteiger partial charge in [0.1, 0.15) is 17.2 Å². The van der Waals surface area contributed by atoms with Crippen LogP contribution in [0.4, 0.5) is 4.39 Å². The van der Waals surface area contributed by atoms with Crippen LogP contribution in [0.15, 0.2) is 30.3 Å². The molecule has 1 saturated carbocycles. The molecule has 1 N–H and O–H groups in total. The van der Waals surface area contributed by atoms with Crippen molar-refractivity contribution in [2.45, 2.75) is 39.2 Å². The molecule has 0 spiro atoms. The van der Waals surface area contributed by atoms with E-state index >= 15 is 0 Å². The first-order valence-corrected chi connectivity index (χ1v) is 9.45. The van der Waals surface area contributed by atoms with Crippen LogP contribution in [0.1, 0.15) is 59.0 Å². The Morgan fingerprint density at radius 1 is 1.29 bits per heavy atom. The van der Waals surface area contributed by atoms with Crippen LogP contribution in [-0.4, -0.2) is 30.5 Å². The predicted octanol–water partition coefficient (Wildman–Crippen LogP) is 3.29. The molecule has 0 aliphatic heterocycles. The van der Waals surface area contributed by atoms with E-state index < -0.39 is 11.9 Å². The fourth-order valence-electron chi connectivity index (χ4n) is 3.45. The Bertz CT molecular complexity index is 1050. The molecule has 0 saturated heterocycles. The predicted molar refractivity (Wildman–Crippen MR) is 102 cm³/mol. The molecule has 28 heavy (non-hydrogen) atoms. The van der Waals surface area contributed by atoms with Crippen molar-refractivity contribution in [1.29, 1.82) is 0 Å². The largest absolute Gasteiger partial charge is 0.389 e. The zero-order chi connectivity index (χ0) is 20.0. The highest BCUT2D eigenvalue weighted by atomic mass is 19.1. The number of hydrogen-bond acceptors (Lipinski definition) is 4. The minimum Gasteiger partial charge on any atom is -0.389 e. The Balaban J connectivity index is 1.75. The van der Waals surface area contributed by atoms with Crippen molar-refractivity contribution in [1.82, 2.24) is 19.6 Å². The molecule has 1 aromatic carbocycles. The van der Waals surface area contributed by atoms with Crippen molar-refractivity contribution in [3.8, 4) is 5.69 Å². The SMILES string of the molecule is Cc1cc(C(=O)c2cc(CC3CC3)n(C)n2)n(-c2ccc(F)cc2[C@@H](C)O)n1. The molecular formula is C21H23FN4O2. The summed E-state index contributed by atoms with van der Waals surface area (Å²) in [5, 5.41) is 18.9. The average Bonchev–Trinajstić information content (AvgIpc) is 3.27. The van der Waals surface area contributed by atoms with Crippen LogP contribution in [0.2, 0.25) is 0 Å². The Hall–Kier alpha value is -2.80. The lowest BCUT2D eigenvalue weighted by Crippen LogP contribution is -2.13. The van der Waals surface area contributed by atoms with E-state index in [1.165, 1.54) is 35.7 Å². The second-order valence-corrected chi connectivity index (χ2v) is 7.58. The lowest BCUT2D eigenvalue weighted by atomic mass is 10.1. The number of halogens is 1. The molecule has 4 rings (SSSR count). The maximum atomic E-state index is 13.7. The molecule has 2 heterocycles. The number of carbonyl (C=O) groups is 1. The normalized spacial score (nSPS) is 15.0. The molecule has 6 nitrogen and oxygen atoms in total. The van der Waals surface area contributed by atoms with Gasteiger partial charge in [0.05, 0.1) is 17.5 Å². The van der Waals surface area contributed by atoms with Crippen LogP contribution in [0.25, 0.3) is 5.69 Å². The van der Waals surface area contributed by atoms with Gasteiger partial charge in [0.2, 0.25) is 5.78 Å². The smallest absolute Gasteiger partial charge is 0.231 e. The highest BCUT2D eigenvalue weighted by Gasteiger charge is 2.26. The summed E-state index contributed by atoms with van der Waals surface area (Å²) in [4.78, 5) is 13.2. The van der Waals surface area contributed by atoms with Gasteiger partial charge in [-0.2, -0.15) is 10.2 Å². The van der Waals surface area contributed by atoms with Gasteiger partial charge in [0, 0.05) is 18.3 Å². The number of rotatable bonds is 6. The molecule has 146 valence electrons. The van der Waals surface area contributed by atoms with E-state index in [9.17, 15) is 14.3 Å². The highest BCUT2D eigenvalue weighted by molar-refractivity contribution is 6.07. The van der Waals surface area contributed by atoms with Crippen molar-refractivity contribution < 1.29 is 14.3 Å². The van der Waals surface area contributed by atoms with Crippen LogP contribution in [0.3, 0.4) is 0 Å². The van der Waals surface area contributed by atoms with Crippen LogP contribution < -0.4 is 0 Å². The lowest BCUT2D eigenvalue weighted by Gasteiger charge is -2.14. The fourth-order valence-corrected chi connectivity index (χ4v) is 3.45. The number of hydrogen-bond donors (Lipinski definition) is 1. The molecule has 7 heteroatoms. The average molecular weight is 382 g/mol. The van der Waals surface area contributed by atoms with Gasteiger partial charge in [0.15, 0.2) is 0 Å². The van der Waals surface area contributed by atoms with Gasteiger partial charge in [-0.1, -0.05) is 0 Å². The monoisotopic (exact) mass is 382 g/mol. The van der Waals surface area contributed by atoms with Crippen LogP contribution >= 0.6 is 0 Å². The molecule has 3 aromatic rings. The van der Waals surface area contributed by atoms with Crippen LogP contribution in [0, 0.1) is 18.7 Å². The van der Waals surface area contributed by atoms with Gasteiger partial charge in [-0.15, -0.1) is 0 Å². The van der Waals surface area contributed by atoms with Crippen LogP contribution in [-0.2, 0) is 13.5 Å². The minimum atomic E-state index is -0.904. The van der Waals surface area contributed by atoms with E-state index in [0.29, 0.717) is 34.3 Å². The molecule has 2 aromatic heterocycles. The number of aliphatic hydroxyl groups excluding tert-OH is 1. The zero-order valence-electron chi connectivity index (χ0n) is 16.2. The summed E-state index contributed by atoms with van der Waals surface area (Å²) in [7, 11) is 1.85. The summed E-state index contributed by atoms with van der Waals surface area (Å²) < 4.78 is 16.9. The molecule has 0 unspecified atom stereocenters. The van der Waals surface area contributed by atoms with Gasteiger partial charge in [-0.25, -0.2) is 9.07 Å². The first kappa shape index (κ1) is 18.6. The fraction of sp³-hybridized carbons (Fsp3) is 0.381. The van der Waals surface area contributed by atoms with Crippen molar-refractivity contribution in [2.24, 2.45) is 13.0 Å². The summed E-state index contributed by atoms with van der Waals surface area (Å²) in [6, 6.07) is 7.61. The molecular weight excluding hydrogens is 359 g/mol. The summed E-state index contributed by atoms with van der Waals surface area (Å²) in [6.45, 7) is 3.34. The third-order valence-corrected chi connectivity index (χ3v) is 5.14. The highest BCUT2D eigenvalue weighted by Crippen LogP contribution is 2.33. The molecule has 0 radical (unpaired) electrons. The van der Waals surface area contributed by atoms with E-state index in [1.54, 1.807) is 24.6 Å². The van der Waals surface area contributed by atoms with Crippen LogP contribution in [0.5, 0.6) is 0 Å². The number of aromatic nitrogens is 4. The third-order valence-electron chi connectivity index (χ3n) is 5.14. The lowest BCUT2D eigenvalue weighted by molar-refractivity contribution is 0.102. The number of carbonyl (C=O) groups excluding carboxylic acids is 1. The third kappa shape index (κ3) is 3.49. The number of aryl methyl sites for hydroxylation is 2. The van der Waals surface area contributed by atoms with Crippen molar-refractivity contribution in [3.05, 3.63) is 64.5 Å². The maximum absolute atomic E-state index is 13.7. The second kappa shape index (κ2) is 6.98. The quantitative estimate of drug-likeness (QED) is 0.664. The molecule has 1 aliphatic carbocycles. The Morgan fingerprint density at radius 2 is 2.04 bits per heavy atom. The number of nitrogens with zero attached hydrogens (tertiary/aromatic N) is 4. The number of benzene rings is 1. The van der Waals surface area contributed by atoms with Gasteiger partial charge in [-0.05, 0) is 69.4 Å². The molecule has 1 fully saturated rings. The van der Waals surface area contributed by atoms with Gasteiger partial charge in [-0.3, -0.25) is 9.48 Å². The van der Waals surface area contributed by atoms with Crippen molar-refractivity contribution in [3.63, 3.8) is 0 Å². The summed E-state index contributed by atoms with van der Waals surface area (Å²) in [5.41, 5.74) is 3.23. The first-order chi connectivity index (χ1) is 13.3. The Labute approximate surface area is 162 Å². The van der Waals surface area contributed by atoms with E-state index in [0.717, 1.165) is 12.1 Å². The van der Waals surface area contributed by atoms with E-state index in [1.807, 2.05) is 13.1 Å². The van der Waals surface area contributed by atoms with Crippen molar-refractivity contribution >= 4 is 5.78 Å². The summed E-state index contributed by atoms with van der Waals surface area (Å²) >= 11 is 0. The summed E-state index contributed by atoms with van der Waals surface area (Å²) in [6.07, 6.45) is 2.48. The molecule has 0 bridgehead atoms. The number of aliphatic hydroxyl groups is 1. The second-order valence-electron chi connectivity index (χ2n) is 7.58. The molecule has 1 aliphatic rings. The topological polar surface area (TPSA) is 72.9 Å². The summed E-state index contributed by atoms with van der Waals surface area (Å²) in [5.74, 6) is -0.0103. The Kier molecular flexibility index (Phi) is 4.63. The van der Waals surface area contributed by atoms with Gasteiger partial charge in [0.25, 0.3) is 0 Å². The van der Waals surface area contributed by atoms with Crippen molar-refractivity contribution in [2.75, 3.05) is 0 Å². The van der Waals surface area contributed by atoms with Gasteiger partial charge >= 0.3 is 0 Å². The molecule has 0 amide bonds. The zero-order valence-corrected chi connectivity index (χ0v) is 16.2. The van der Waals surface area contributed by atoms with E-state index in [2.05, 4.69) is 10.2 Å². The standard InChI is InChI=1S/C21H23FN4O2/c1-12-8-20(21(28)18-11-16(25(3)24-18)9-14-4-5-14)26(23-12)19-7-6-15(22)10-17(19)13(2)27/h6-8,10-11,13-14,27H,4-5,9H2,1-3H3/t13-/m1/s1. The van der Waals surface area contributed by atoms with E-state index in [-0.39, 0.29) is 5.78 Å². The maximum Gasteiger partial charge on any atom is 0.231 e. The van der Waals surface area contributed by atoms with E-state index in [4.69, 9.17) is 0 Å². The minimum absolute atomic E-state index is 0.251. The first-order valence-electron chi connectivity index (χ1n) is 9.45. The Morgan fingerprint density at radius 3 is 2.71 bits per heavy atom. The number of ketones is 1. The van der Waals surface area contributed by atoms with Gasteiger partial charge < -0.3 is 5.11 Å². The molecule has 1 atom stereocenters.